The number of piperazine rings is 1. The number of pyridine rings is 1. The molecule has 0 atom stereocenters. The summed E-state index contributed by atoms with van der Waals surface area (Å²) >= 11 is 6.18. The van der Waals surface area contributed by atoms with Crippen LogP contribution in [0.4, 0.5) is 21.6 Å². The van der Waals surface area contributed by atoms with Gasteiger partial charge in [-0.2, -0.15) is 0 Å². The summed E-state index contributed by atoms with van der Waals surface area (Å²) < 4.78 is 13.8. The van der Waals surface area contributed by atoms with Gasteiger partial charge in [0.05, 0.1) is 22.6 Å². The first-order chi connectivity index (χ1) is 10.1. The monoisotopic (exact) mass is 306 g/mol. The smallest absolute Gasteiger partial charge is 0.147 e. The predicted molar refractivity (Wildman–Crippen MR) is 84.5 cm³/mol. The van der Waals surface area contributed by atoms with Gasteiger partial charge in [-0.1, -0.05) is 23.7 Å². The number of anilines is 3. The van der Waals surface area contributed by atoms with Gasteiger partial charge in [0.1, 0.15) is 11.6 Å². The molecule has 2 heterocycles. The van der Waals surface area contributed by atoms with E-state index in [2.05, 4.69) is 9.88 Å². The normalized spacial score (nSPS) is 15.3. The largest absolute Gasteiger partial charge is 0.397 e. The van der Waals surface area contributed by atoms with Gasteiger partial charge in [-0.25, -0.2) is 9.37 Å². The molecule has 1 aromatic heterocycles. The second-order valence-corrected chi connectivity index (χ2v) is 5.41. The number of halogens is 2. The van der Waals surface area contributed by atoms with Crippen LogP contribution in [0.1, 0.15) is 0 Å². The van der Waals surface area contributed by atoms with Crippen molar-refractivity contribution in [1.82, 2.24) is 4.98 Å². The molecule has 6 heteroatoms. The molecule has 0 spiro atoms. The highest BCUT2D eigenvalue weighted by atomic mass is 35.5. The van der Waals surface area contributed by atoms with Crippen molar-refractivity contribution in [2.45, 2.75) is 0 Å². The maximum atomic E-state index is 13.8. The summed E-state index contributed by atoms with van der Waals surface area (Å²) in [5.74, 6) is 0.550. The van der Waals surface area contributed by atoms with E-state index in [9.17, 15) is 4.39 Å². The van der Waals surface area contributed by atoms with E-state index in [0.29, 0.717) is 16.4 Å². The number of benzene rings is 1. The van der Waals surface area contributed by atoms with Crippen molar-refractivity contribution >= 4 is 28.8 Å². The summed E-state index contributed by atoms with van der Waals surface area (Å²) in [5, 5.41) is 0.550. The first-order valence-electron chi connectivity index (χ1n) is 6.80. The number of para-hydroxylation sites is 1. The number of hydrogen-bond acceptors (Lipinski definition) is 4. The molecular weight excluding hydrogens is 291 g/mol. The zero-order valence-corrected chi connectivity index (χ0v) is 12.2. The highest BCUT2D eigenvalue weighted by Gasteiger charge is 2.21. The lowest BCUT2D eigenvalue weighted by Crippen LogP contribution is -2.47. The van der Waals surface area contributed by atoms with E-state index >= 15 is 0 Å². The number of rotatable bonds is 2. The Labute approximate surface area is 127 Å². The van der Waals surface area contributed by atoms with E-state index < -0.39 is 0 Å². The molecule has 0 bridgehead atoms. The van der Waals surface area contributed by atoms with E-state index in [4.69, 9.17) is 17.3 Å². The molecule has 2 N–H and O–H groups in total. The lowest BCUT2D eigenvalue weighted by atomic mass is 10.2. The standard InChI is InChI=1S/C15H16ClFN4/c16-12-9-11(18)10-19-15(12)21-7-5-20(6-8-21)14-4-2-1-3-13(14)17/h1-4,9-10H,5-8,18H2. The van der Waals surface area contributed by atoms with Crippen LogP contribution in [-0.2, 0) is 0 Å². The Morgan fingerprint density at radius 3 is 2.43 bits per heavy atom. The van der Waals surface area contributed by atoms with Crippen molar-refractivity contribution in [2.24, 2.45) is 0 Å². The average Bonchev–Trinajstić information content (AvgIpc) is 2.48. The lowest BCUT2D eigenvalue weighted by Gasteiger charge is -2.37. The Hall–Kier alpha value is -2.01. The maximum absolute atomic E-state index is 13.8. The Bertz CT molecular complexity index is 641. The van der Waals surface area contributed by atoms with E-state index in [0.717, 1.165) is 32.0 Å². The van der Waals surface area contributed by atoms with Crippen LogP contribution in [0.2, 0.25) is 5.02 Å². The molecule has 1 aliphatic rings. The van der Waals surface area contributed by atoms with Crippen LogP contribution in [0.25, 0.3) is 0 Å². The van der Waals surface area contributed by atoms with E-state index in [1.807, 2.05) is 11.0 Å². The Balaban J connectivity index is 1.72. The van der Waals surface area contributed by atoms with Crippen LogP contribution in [0.3, 0.4) is 0 Å². The third-order valence-electron chi connectivity index (χ3n) is 3.62. The van der Waals surface area contributed by atoms with Gasteiger partial charge in [-0.3, -0.25) is 0 Å². The molecule has 1 fully saturated rings. The van der Waals surface area contributed by atoms with Gasteiger partial charge >= 0.3 is 0 Å². The van der Waals surface area contributed by atoms with Crippen LogP contribution in [0.5, 0.6) is 0 Å². The highest BCUT2D eigenvalue weighted by Crippen LogP contribution is 2.27. The quantitative estimate of drug-likeness (QED) is 0.927. The van der Waals surface area contributed by atoms with Gasteiger partial charge in [0, 0.05) is 26.2 Å². The van der Waals surface area contributed by atoms with E-state index in [1.165, 1.54) is 6.07 Å². The van der Waals surface area contributed by atoms with Crippen molar-refractivity contribution in [3.8, 4) is 0 Å². The zero-order chi connectivity index (χ0) is 14.8. The molecule has 110 valence electrons. The van der Waals surface area contributed by atoms with Gasteiger partial charge < -0.3 is 15.5 Å². The molecule has 0 amide bonds. The minimum atomic E-state index is -0.186. The molecule has 1 aromatic carbocycles. The summed E-state index contributed by atoms with van der Waals surface area (Å²) in [6.45, 7) is 2.93. The van der Waals surface area contributed by atoms with Crippen molar-refractivity contribution in [1.29, 1.82) is 0 Å². The van der Waals surface area contributed by atoms with E-state index in [1.54, 1.807) is 24.4 Å². The van der Waals surface area contributed by atoms with Gasteiger partial charge in [0.2, 0.25) is 0 Å². The Morgan fingerprint density at radius 1 is 1.10 bits per heavy atom. The summed E-state index contributed by atoms with van der Waals surface area (Å²) in [4.78, 5) is 8.43. The average molecular weight is 307 g/mol. The maximum Gasteiger partial charge on any atom is 0.147 e. The van der Waals surface area contributed by atoms with Crippen molar-refractivity contribution in [3.63, 3.8) is 0 Å². The summed E-state index contributed by atoms with van der Waals surface area (Å²) in [6.07, 6.45) is 1.60. The minimum absolute atomic E-state index is 0.186. The zero-order valence-electron chi connectivity index (χ0n) is 11.5. The molecule has 0 aliphatic carbocycles. The Morgan fingerprint density at radius 2 is 1.76 bits per heavy atom. The molecular formula is C15H16ClFN4. The minimum Gasteiger partial charge on any atom is -0.397 e. The first-order valence-corrected chi connectivity index (χ1v) is 7.18. The summed E-state index contributed by atoms with van der Waals surface area (Å²) in [5.41, 5.74) is 6.85. The van der Waals surface area contributed by atoms with E-state index in [-0.39, 0.29) is 5.82 Å². The molecule has 2 aromatic rings. The van der Waals surface area contributed by atoms with Crippen LogP contribution in [-0.4, -0.2) is 31.2 Å². The predicted octanol–water partition coefficient (Wildman–Crippen LogP) is 2.78. The lowest BCUT2D eigenvalue weighted by molar-refractivity contribution is 0.596. The molecule has 0 saturated carbocycles. The molecule has 0 radical (unpaired) electrons. The van der Waals surface area contributed by atoms with Crippen molar-refractivity contribution in [2.75, 3.05) is 41.7 Å². The fourth-order valence-electron chi connectivity index (χ4n) is 2.55. The number of nitrogens with zero attached hydrogens (tertiary/aromatic N) is 3. The van der Waals surface area contributed by atoms with Crippen LogP contribution < -0.4 is 15.5 Å². The molecule has 3 rings (SSSR count). The third-order valence-corrected chi connectivity index (χ3v) is 3.89. The Kier molecular flexibility index (Phi) is 3.84. The second kappa shape index (κ2) is 5.77. The van der Waals surface area contributed by atoms with Gasteiger partial charge in [0.15, 0.2) is 0 Å². The van der Waals surface area contributed by atoms with Gasteiger partial charge in [-0.15, -0.1) is 0 Å². The van der Waals surface area contributed by atoms with Crippen LogP contribution in [0, 0.1) is 5.82 Å². The number of nitrogens with two attached hydrogens (primary N) is 1. The fraction of sp³-hybridized carbons (Fsp3) is 0.267. The molecule has 4 nitrogen and oxygen atoms in total. The van der Waals surface area contributed by atoms with Crippen molar-refractivity contribution in [3.05, 3.63) is 47.4 Å². The van der Waals surface area contributed by atoms with Gasteiger partial charge in [0.25, 0.3) is 0 Å². The highest BCUT2D eigenvalue weighted by molar-refractivity contribution is 6.33. The first kappa shape index (κ1) is 13.9. The molecule has 0 unspecified atom stereocenters. The SMILES string of the molecule is Nc1cnc(N2CCN(c3ccccc3F)CC2)c(Cl)c1. The second-order valence-electron chi connectivity index (χ2n) is 5.00. The number of nitrogen functional groups attached to an aromatic ring is 1. The molecule has 1 saturated heterocycles. The topological polar surface area (TPSA) is 45.4 Å². The summed E-state index contributed by atoms with van der Waals surface area (Å²) in [6, 6.07) is 8.54. The number of aromatic nitrogens is 1. The van der Waals surface area contributed by atoms with Crippen LogP contribution in [0.15, 0.2) is 36.5 Å². The third kappa shape index (κ3) is 2.88. The molecule has 1 aliphatic heterocycles. The number of hydrogen-bond donors (Lipinski definition) is 1. The summed E-state index contributed by atoms with van der Waals surface area (Å²) in [7, 11) is 0. The fourth-order valence-corrected chi connectivity index (χ4v) is 2.84. The van der Waals surface area contributed by atoms with Gasteiger partial charge in [-0.05, 0) is 18.2 Å². The van der Waals surface area contributed by atoms with Crippen LogP contribution >= 0.6 is 11.6 Å². The van der Waals surface area contributed by atoms with Crippen molar-refractivity contribution < 1.29 is 4.39 Å². The molecule has 21 heavy (non-hydrogen) atoms.